The van der Waals surface area contributed by atoms with Gasteiger partial charge in [-0.2, -0.15) is 0 Å². The number of piperidine rings is 1. The normalized spacial score (nSPS) is 18.6. The lowest BCUT2D eigenvalue weighted by atomic mass is 9.74. The maximum atomic E-state index is 12.2. The van der Waals surface area contributed by atoms with E-state index >= 15 is 0 Å². The fourth-order valence-electron chi connectivity index (χ4n) is 3.35. The summed E-state index contributed by atoms with van der Waals surface area (Å²) in [6, 6.07) is 8.54. The van der Waals surface area contributed by atoms with Crippen molar-refractivity contribution in [1.29, 1.82) is 0 Å². The average molecular weight is 320 g/mol. The van der Waals surface area contributed by atoms with Crippen molar-refractivity contribution in [3.63, 3.8) is 0 Å². The van der Waals surface area contributed by atoms with E-state index in [1.165, 1.54) is 11.3 Å². The Morgan fingerprint density at radius 1 is 1.22 bits per heavy atom. The number of likely N-dealkylation sites (tertiary alicyclic amines) is 1. The van der Waals surface area contributed by atoms with Crippen LogP contribution < -0.4 is 5.32 Å². The summed E-state index contributed by atoms with van der Waals surface area (Å²) in [4.78, 5) is 14.0. The number of hydrogen-bond acceptors (Lipinski definition) is 3. The summed E-state index contributed by atoms with van der Waals surface area (Å²) >= 11 is 0. The van der Waals surface area contributed by atoms with Crippen LogP contribution >= 0.6 is 0 Å². The second kappa shape index (κ2) is 6.81. The molecule has 1 fully saturated rings. The number of fused-ring (bicyclic) bond motifs is 2. The topological polar surface area (TPSA) is 41.6 Å². The lowest BCUT2D eigenvalue weighted by Gasteiger charge is -2.39. The van der Waals surface area contributed by atoms with E-state index in [2.05, 4.69) is 29.6 Å². The molecule has 1 saturated heterocycles. The third-order valence-electron chi connectivity index (χ3n) is 4.49. The monoisotopic (exact) mass is 320 g/mol. The zero-order valence-corrected chi connectivity index (χ0v) is 15.1. The second-order valence-corrected chi connectivity index (χ2v) is 7.15. The third kappa shape index (κ3) is 3.80. The number of anilines is 1. The van der Waals surface area contributed by atoms with E-state index in [-0.39, 0.29) is 12.9 Å². The molecule has 23 heavy (non-hydrogen) atoms. The number of rotatable bonds is 0. The van der Waals surface area contributed by atoms with E-state index in [0.717, 1.165) is 32.5 Å². The Balaban J connectivity index is 0.000000925. The fraction of sp³-hybridized carbons (Fsp3) is 0.632. The van der Waals surface area contributed by atoms with Crippen LogP contribution in [0.1, 0.15) is 54.5 Å². The predicted octanol–water partition coefficient (Wildman–Crippen LogP) is 4.65. The maximum Gasteiger partial charge on any atom is 0.410 e. The molecule has 4 nitrogen and oxygen atoms in total. The number of hydrogen-bond donors (Lipinski definition) is 1. The van der Waals surface area contributed by atoms with Gasteiger partial charge in [0, 0.05) is 32.2 Å². The van der Waals surface area contributed by atoms with Crippen molar-refractivity contribution in [2.24, 2.45) is 0 Å². The molecular weight excluding hydrogens is 288 g/mol. The Labute approximate surface area is 141 Å². The van der Waals surface area contributed by atoms with Gasteiger partial charge in [0.1, 0.15) is 5.60 Å². The quantitative estimate of drug-likeness (QED) is 0.756. The highest BCUT2D eigenvalue weighted by Crippen LogP contribution is 2.43. The molecule has 1 spiro atoms. The van der Waals surface area contributed by atoms with Crippen LogP contribution in [0.5, 0.6) is 0 Å². The van der Waals surface area contributed by atoms with Crippen LogP contribution in [0, 0.1) is 0 Å². The first kappa shape index (κ1) is 17.6. The van der Waals surface area contributed by atoms with Gasteiger partial charge in [-0.1, -0.05) is 32.0 Å². The van der Waals surface area contributed by atoms with Crippen molar-refractivity contribution in [3.8, 4) is 0 Å². The minimum atomic E-state index is -0.423. The van der Waals surface area contributed by atoms with Gasteiger partial charge in [0.15, 0.2) is 0 Å². The molecule has 0 radical (unpaired) electrons. The minimum absolute atomic E-state index is 0. The molecule has 0 bridgehead atoms. The van der Waals surface area contributed by atoms with Gasteiger partial charge in [0.05, 0.1) is 0 Å². The second-order valence-electron chi connectivity index (χ2n) is 7.15. The Bertz CT molecular complexity index is 547. The summed E-state index contributed by atoms with van der Waals surface area (Å²) < 4.78 is 5.47. The molecule has 1 amide bonds. The number of nitrogens with zero attached hydrogens (tertiary/aromatic N) is 1. The van der Waals surface area contributed by atoms with E-state index < -0.39 is 5.60 Å². The van der Waals surface area contributed by atoms with E-state index in [1.807, 2.05) is 39.5 Å². The zero-order valence-electron chi connectivity index (χ0n) is 15.1. The first-order valence-electron chi connectivity index (χ1n) is 8.71. The molecule has 3 rings (SSSR count). The van der Waals surface area contributed by atoms with Crippen LogP contribution in [0.3, 0.4) is 0 Å². The Morgan fingerprint density at radius 2 is 1.83 bits per heavy atom. The Morgan fingerprint density at radius 3 is 2.43 bits per heavy atom. The highest BCUT2D eigenvalue weighted by atomic mass is 16.6. The van der Waals surface area contributed by atoms with E-state index in [9.17, 15) is 4.79 Å². The standard InChI is InChI=1S/C17H24N2O2.C2H6.H2/c1-16(2,3)21-15(20)19-10-8-17(9-11-19)12-18-14-7-5-4-6-13(14)17;1-2;/h4-7,18H,8-12H2,1-3H3;1-2H3;1H. The highest BCUT2D eigenvalue weighted by molar-refractivity contribution is 5.69. The number of nitrogens with one attached hydrogen (secondary N) is 1. The molecule has 1 aromatic carbocycles. The van der Waals surface area contributed by atoms with Crippen LogP contribution in [0.15, 0.2) is 24.3 Å². The summed E-state index contributed by atoms with van der Waals surface area (Å²) in [5.74, 6) is 0. The number of carbonyl (C=O) groups excluding carboxylic acids is 1. The number of carbonyl (C=O) groups is 1. The van der Waals surface area contributed by atoms with Gasteiger partial charge in [-0.15, -0.1) is 0 Å². The van der Waals surface area contributed by atoms with Crippen LogP contribution in [-0.4, -0.2) is 36.2 Å². The molecule has 2 heterocycles. The van der Waals surface area contributed by atoms with E-state index in [4.69, 9.17) is 4.74 Å². The highest BCUT2D eigenvalue weighted by Gasteiger charge is 2.42. The molecular formula is C19H32N2O2. The van der Waals surface area contributed by atoms with Crippen molar-refractivity contribution in [1.82, 2.24) is 4.90 Å². The summed E-state index contributed by atoms with van der Waals surface area (Å²) in [7, 11) is 0. The predicted molar refractivity (Wildman–Crippen MR) is 97.1 cm³/mol. The van der Waals surface area contributed by atoms with Crippen LogP contribution in [-0.2, 0) is 10.2 Å². The molecule has 0 aromatic heterocycles. The summed E-state index contributed by atoms with van der Waals surface area (Å²) in [6.45, 7) is 12.2. The van der Waals surface area contributed by atoms with Gasteiger partial charge < -0.3 is 15.0 Å². The first-order valence-corrected chi connectivity index (χ1v) is 8.71. The summed E-state index contributed by atoms with van der Waals surface area (Å²) in [5, 5.41) is 3.51. The smallest absolute Gasteiger partial charge is 0.410 e. The molecule has 0 saturated carbocycles. The molecule has 1 aromatic rings. The van der Waals surface area contributed by atoms with Gasteiger partial charge in [-0.25, -0.2) is 4.79 Å². The van der Waals surface area contributed by atoms with E-state index in [0.29, 0.717) is 0 Å². The molecule has 0 atom stereocenters. The van der Waals surface area contributed by atoms with Crippen molar-refractivity contribution in [3.05, 3.63) is 29.8 Å². The molecule has 0 aliphatic carbocycles. The zero-order chi connectivity index (χ0) is 17.1. The average Bonchev–Trinajstić information content (AvgIpc) is 2.88. The molecule has 1 N–H and O–H groups in total. The van der Waals surface area contributed by atoms with Gasteiger partial charge in [0.2, 0.25) is 0 Å². The lowest BCUT2D eigenvalue weighted by Crippen LogP contribution is -2.47. The van der Waals surface area contributed by atoms with Gasteiger partial charge >= 0.3 is 6.09 Å². The molecule has 130 valence electrons. The largest absolute Gasteiger partial charge is 0.444 e. The molecule has 2 aliphatic heterocycles. The van der Waals surface area contributed by atoms with Crippen molar-refractivity contribution >= 4 is 11.8 Å². The van der Waals surface area contributed by atoms with Gasteiger partial charge in [0.25, 0.3) is 0 Å². The van der Waals surface area contributed by atoms with Crippen molar-refractivity contribution in [2.45, 2.75) is 58.5 Å². The van der Waals surface area contributed by atoms with Crippen molar-refractivity contribution < 1.29 is 11.0 Å². The van der Waals surface area contributed by atoms with Crippen LogP contribution in [0.4, 0.5) is 10.5 Å². The first-order chi connectivity index (χ1) is 10.9. The lowest BCUT2D eigenvalue weighted by molar-refractivity contribution is 0.0172. The Kier molecular flexibility index (Phi) is 5.23. The third-order valence-corrected chi connectivity index (χ3v) is 4.49. The summed E-state index contributed by atoms with van der Waals surface area (Å²) in [5.41, 5.74) is 2.43. The number of amides is 1. The number of benzene rings is 1. The summed E-state index contributed by atoms with van der Waals surface area (Å²) in [6.07, 6.45) is 1.81. The van der Waals surface area contributed by atoms with E-state index in [1.54, 1.807) is 0 Å². The van der Waals surface area contributed by atoms with Crippen LogP contribution in [0.2, 0.25) is 0 Å². The van der Waals surface area contributed by atoms with Gasteiger partial charge in [-0.3, -0.25) is 0 Å². The fourth-order valence-corrected chi connectivity index (χ4v) is 3.35. The molecule has 0 unspecified atom stereocenters. The SMILES string of the molecule is CC.CC(C)(C)OC(=O)N1CCC2(CC1)CNc1ccccc12.[HH]. The minimum Gasteiger partial charge on any atom is -0.444 e. The number of ether oxygens (including phenoxy) is 1. The maximum absolute atomic E-state index is 12.2. The Hall–Kier alpha value is -1.71. The van der Waals surface area contributed by atoms with Crippen molar-refractivity contribution in [2.75, 3.05) is 25.0 Å². The van der Waals surface area contributed by atoms with Gasteiger partial charge in [-0.05, 0) is 45.2 Å². The van der Waals surface area contributed by atoms with Crippen LogP contribution in [0.25, 0.3) is 0 Å². The number of para-hydroxylation sites is 1. The molecule has 2 aliphatic rings. The molecule has 4 heteroatoms.